The standard InChI is InChI=1S/C22H28N2O3/c1-13-5-8-17-19(10-13)22(27)24(21(17)26)9-3-4-20(25)23-14(2)18-12-15-6-7-16(18)11-15/h5,8,10,14-16,18H,3-4,6-7,9,11-12H2,1-2H3,(H,23,25). The van der Waals surface area contributed by atoms with Gasteiger partial charge in [-0.15, -0.1) is 0 Å². The number of carbonyl (C=O) groups excluding carboxylic acids is 3. The molecular formula is C22H28N2O3. The third kappa shape index (κ3) is 3.40. The molecule has 3 amide bonds. The summed E-state index contributed by atoms with van der Waals surface area (Å²) >= 11 is 0. The molecule has 144 valence electrons. The summed E-state index contributed by atoms with van der Waals surface area (Å²) in [5, 5.41) is 3.15. The zero-order valence-corrected chi connectivity index (χ0v) is 16.2. The molecule has 1 heterocycles. The summed E-state index contributed by atoms with van der Waals surface area (Å²) < 4.78 is 0. The maximum absolute atomic E-state index is 12.5. The SMILES string of the molecule is Cc1ccc2c(c1)C(=O)N(CCCC(=O)NC(C)C1CC3CCC1C3)C2=O. The van der Waals surface area contributed by atoms with Crippen molar-refractivity contribution in [2.75, 3.05) is 6.54 Å². The molecule has 2 fully saturated rings. The minimum absolute atomic E-state index is 0.0257. The Morgan fingerprint density at radius 3 is 2.67 bits per heavy atom. The number of nitrogens with zero attached hydrogens (tertiary/aromatic N) is 1. The third-order valence-corrected chi connectivity index (χ3v) is 6.74. The lowest BCUT2D eigenvalue weighted by Gasteiger charge is -2.28. The molecule has 0 aromatic heterocycles. The fraction of sp³-hybridized carbons (Fsp3) is 0.591. The van der Waals surface area contributed by atoms with Crippen LogP contribution in [0.1, 0.15) is 71.7 Å². The fourth-order valence-electron chi connectivity index (χ4n) is 5.34. The first-order valence-corrected chi connectivity index (χ1v) is 10.2. The van der Waals surface area contributed by atoms with Crippen LogP contribution in [-0.2, 0) is 4.79 Å². The van der Waals surface area contributed by atoms with Crippen molar-refractivity contribution in [3.63, 3.8) is 0 Å². The molecule has 4 atom stereocenters. The van der Waals surface area contributed by atoms with Crippen molar-refractivity contribution in [2.45, 2.75) is 58.4 Å². The van der Waals surface area contributed by atoms with Crippen LogP contribution in [0, 0.1) is 24.7 Å². The predicted molar refractivity (Wildman–Crippen MR) is 102 cm³/mol. The fourth-order valence-corrected chi connectivity index (χ4v) is 5.34. The van der Waals surface area contributed by atoms with E-state index < -0.39 is 0 Å². The number of nitrogens with one attached hydrogen (secondary N) is 1. The highest BCUT2D eigenvalue weighted by atomic mass is 16.2. The lowest BCUT2D eigenvalue weighted by molar-refractivity contribution is -0.122. The van der Waals surface area contributed by atoms with Crippen molar-refractivity contribution in [1.29, 1.82) is 0 Å². The van der Waals surface area contributed by atoms with Crippen LogP contribution in [0.25, 0.3) is 0 Å². The Kier molecular flexibility index (Phi) is 4.79. The van der Waals surface area contributed by atoms with Crippen LogP contribution in [0.3, 0.4) is 0 Å². The monoisotopic (exact) mass is 368 g/mol. The van der Waals surface area contributed by atoms with Crippen molar-refractivity contribution >= 4 is 17.7 Å². The average Bonchev–Trinajstić information content (AvgIpc) is 3.32. The number of benzene rings is 1. The predicted octanol–water partition coefficient (Wildman–Crippen LogP) is 3.31. The number of aryl methyl sites for hydroxylation is 1. The van der Waals surface area contributed by atoms with Gasteiger partial charge in [-0.1, -0.05) is 18.1 Å². The highest BCUT2D eigenvalue weighted by molar-refractivity contribution is 6.21. The Labute approximate surface area is 160 Å². The summed E-state index contributed by atoms with van der Waals surface area (Å²) in [6.45, 7) is 4.32. The Morgan fingerprint density at radius 1 is 1.19 bits per heavy atom. The second-order valence-electron chi connectivity index (χ2n) is 8.61. The summed E-state index contributed by atoms with van der Waals surface area (Å²) in [7, 11) is 0. The van der Waals surface area contributed by atoms with E-state index in [1.807, 2.05) is 13.0 Å². The first-order chi connectivity index (χ1) is 12.9. The number of amides is 3. The van der Waals surface area contributed by atoms with E-state index >= 15 is 0 Å². The molecule has 5 heteroatoms. The maximum Gasteiger partial charge on any atom is 0.261 e. The summed E-state index contributed by atoms with van der Waals surface area (Å²) in [4.78, 5) is 38.5. The van der Waals surface area contributed by atoms with E-state index in [0.29, 0.717) is 36.4 Å². The highest BCUT2D eigenvalue weighted by Crippen LogP contribution is 2.49. The van der Waals surface area contributed by atoms with E-state index in [-0.39, 0.29) is 23.8 Å². The number of hydrogen-bond acceptors (Lipinski definition) is 3. The van der Waals surface area contributed by atoms with Gasteiger partial charge < -0.3 is 5.32 Å². The Morgan fingerprint density at radius 2 is 1.96 bits per heavy atom. The van der Waals surface area contributed by atoms with Gasteiger partial charge in [0.15, 0.2) is 0 Å². The molecule has 4 rings (SSSR count). The van der Waals surface area contributed by atoms with Crippen LogP contribution in [0.2, 0.25) is 0 Å². The zero-order valence-electron chi connectivity index (χ0n) is 16.2. The first-order valence-electron chi connectivity index (χ1n) is 10.2. The molecule has 4 unspecified atom stereocenters. The van der Waals surface area contributed by atoms with Gasteiger partial charge in [-0.05, 0) is 69.4 Å². The second-order valence-corrected chi connectivity index (χ2v) is 8.61. The van der Waals surface area contributed by atoms with Crippen molar-refractivity contribution < 1.29 is 14.4 Å². The van der Waals surface area contributed by atoms with Crippen molar-refractivity contribution in [2.24, 2.45) is 17.8 Å². The van der Waals surface area contributed by atoms with E-state index in [1.165, 1.54) is 30.6 Å². The van der Waals surface area contributed by atoms with Crippen LogP contribution in [0.5, 0.6) is 0 Å². The maximum atomic E-state index is 12.5. The van der Waals surface area contributed by atoms with E-state index in [2.05, 4.69) is 12.2 Å². The van der Waals surface area contributed by atoms with Gasteiger partial charge >= 0.3 is 0 Å². The molecule has 0 saturated heterocycles. The van der Waals surface area contributed by atoms with Gasteiger partial charge in [0.25, 0.3) is 11.8 Å². The van der Waals surface area contributed by atoms with Crippen LogP contribution in [0.4, 0.5) is 0 Å². The summed E-state index contributed by atoms with van der Waals surface area (Å²) in [6.07, 6.45) is 6.11. The number of hydrogen-bond donors (Lipinski definition) is 1. The molecule has 1 aromatic rings. The highest BCUT2D eigenvalue weighted by Gasteiger charge is 2.42. The Hall–Kier alpha value is -2.17. The van der Waals surface area contributed by atoms with Crippen molar-refractivity contribution in [3.8, 4) is 0 Å². The largest absolute Gasteiger partial charge is 0.353 e. The van der Waals surface area contributed by atoms with E-state index in [9.17, 15) is 14.4 Å². The Balaban J connectivity index is 1.26. The lowest BCUT2D eigenvalue weighted by Crippen LogP contribution is -2.40. The van der Waals surface area contributed by atoms with Gasteiger partial charge in [0.05, 0.1) is 11.1 Å². The molecule has 1 N–H and O–H groups in total. The van der Waals surface area contributed by atoms with E-state index in [1.54, 1.807) is 12.1 Å². The van der Waals surface area contributed by atoms with Crippen LogP contribution in [0.15, 0.2) is 18.2 Å². The minimum Gasteiger partial charge on any atom is -0.353 e. The van der Waals surface area contributed by atoms with Gasteiger partial charge in [-0.25, -0.2) is 0 Å². The summed E-state index contributed by atoms with van der Waals surface area (Å²) in [6, 6.07) is 5.54. The number of rotatable bonds is 6. The summed E-state index contributed by atoms with van der Waals surface area (Å²) in [5.41, 5.74) is 1.92. The van der Waals surface area contributed by atoms with Crippen LogP contribution < -0.4 is 5.32 Å². The average molecular weight is 368 g/mol. The summed E-state index contributed by atoms with van der Waals surface area (Å²) in [5.74, 6) is 1.81. The molecule has 0 radical (unpaired) electrons. The number of fused-ring (bicyclic) bond motifs is 3. The topological polar surface area (TPSA) is 66.5 Å². The molecular weight excluding hydrogens is 340 g/mol. The quantitative estimate of drug-likeness (QED) is 0.784. The normalized spacial score (nSPS) is 27.2. The second kappa shape index (κ2) is 7.10. The lowest BCUT2D eigenvalue weighted by atomic mass is 9.84. The van der Waals surface area contributed by atoms with Crippen LogP contribution >= 0.6 is 0 Å². The van der Waals surface area contributed by atoms with E-state index in [4.69, 9.17) is 0 Å². The molecule has 3 aliphatic rings. The number of carbonyl (C=O) groups is 3. The number of imide groups is 1. The molecule has 2 aliphatic carbocycles. The molecule has 1 aromatic carbocycles. The molecule has 2 saturated carbocycles. The van der Waals surface area contributed by atoms with Gasteiger partial charge in [-0.2, -0.15) is 0 Å². The third-order valence-electron chi connectivity index (χ3n) is 6.74. The first kappa shape index (κ1) is 18.2. The van der Waals surface area contributed by atoms with Crippen molar-refractivity contribution in [3.05, 3.63) is 34.9 Å². The molecule has 2 bridgehead atoms. The smallest absolute Gasteiger partial charge is 0.261 e. The van der Waals surface area contributed by atoms with Crippen LogP contribution in [-0.4, -0.2) is 35.2 Å². The van der Waals surface area contributed by atoms with Gasteiger partial charge in [0, 0.05) is 19.0 Å². The zero-order chi connectivity index (χ0) is 19.1. The minimum atomic E-state index is -0.245. The molecule has 5 nitrogen and oxygen atoms in total. The Bertz CT molecular complexity index is 788. The molecule has 1 aliphatic heterocycles. The molecule has 27 heavy (non-hydrogen) atoms. The molecule has 0 spiro atoms. The van der Waals surface area contributed by atoms with E-state index in [0.717, 1.165) is 17.4 Å². The van der Waals surface area contributed by atoms with Gasteiger partial charge in [-0.3, -0.25) is 19.3 Å². The van der Waals surface area contributed by atoms with Gasteiger partial charge in [0.2, 0.25) is 5.91 Å². The van der Waals surface area contributed by atoms with Crippen molar-refractivity contribution in [1.82, 2.24) is 10.2 Å². The van der Waals surface area contributed by atoms with Gasteiger partial charge in [0.1, 0.15) is 0 Å².